The molecule has 212 valence electrons. The van der Waals surface area contributed by atoms with Gasteiger partial charge in [-0.15, -0.1) is 13.2 Å². The van der Waals surface area contributed by atoms with E-state index >= 15 is 0 Å². The number of amides is 1. The number of alkyl halides is 3. The van der Waals surface area contributed by atoms with Gasteiger partial charge in [0.2, 0.25) is 10.0 Å². The Labute approximate surface area is 222 Å². The lowest BCUT2D eigenvalue weighted by Crippen LogP contribution is -2.39. The number of nitrogens with zero attached hydrogens (tertiary/aromatic N) is 3. The van der Waals surface area contributed by atoms with Crippen molar-refractivity contribution in [3.8, 4) is 5.75 Å². The van der Waals surface area contributed by atoms with Crippen molar-refractivity contribution < 1.29 is 45.5 Å². The van der Waals surface area contributed by atoms with Crippen LogP contribution in [0.2, 0.25) is 0 Å². The molecule has 0 spiro atoms. The van der Waals surface area contributed by atoms with E-state index in [0.717, 1.165) is 24.3 Å². The maximum atomic E-state index is 13.5. The molecule has 1 unspecified atom stereocenters. The molecule has 0 bridgehead atoms. The molecule has 0 aromatic heterocycles. The molecule has 14 heteroatoms. The third-order valence-corrected chi connectivity index (χ3v) is 8.64. The molecule has 9 nitrogen and oxygen atoms in total. The van der Waals surface area contributed by atoms with Crippen LogP contribution in [0.3, 0.4) is 0 Å². The number of oxime groups is 1. The largest absolute Gasteiger partial charge is 0.573 e. The molecule has 1 N–H and O–H groups in total. The van der Waals surface area contributed by atoms with Gasteiger partial charge in [0.05, 0.1) is 10.6 Å². The second kappa shape index (κ2) is 11.8. The molecule has 2 aliphatic rings. The first-order valence-corrected chi connectivity index (χ1v) is 13.7. The average molecular weight is 574 g/mol. The summed E-state index contributed by atoms with van der Waals surface area (Å²) >= 11 is 0. The predicted molar refractivity (Wildman–Crippen MR) is 131 cm³/mol. The van der Waals surface area contributed by atoms with Crippen molar-refractivity contribution in [3.05, 3.63) is 59.9 Å². The van der Waals surface area contributed by atoms with Crippen LogP contribution in [0.25, 0.3) is 0 Å². The number of carbonyl (C=O) groups is 1. The highest BCUT2D eigenvalue weighted by molar-refractivity contribution is 7.89. The first kappa shape index (κ1) is 28.6. The van der Waals surface area contributed by atoms with Gasteiger partial charge in [-0.1, -0.05) is 17.3 Å². The molecule has 0 radical (unpaired) electrons. The van der Waals surface area contributed by atoms with E-state index in [1.54, 1.807) is 12.1 Å². The third kappa shape index (κ3) is 7.38. The molecule has 0 saturated carbocycles. The summed E-state index contributed by atoms with van der Waals surface area (Å²) in [4.78, 5) is 18.4. The second-order valence-corrected chi connectivity index (χ2v) is 11.2. The Kier molecular flexibility index (Phi) is 8.64. The number of carboxylic acid groups (broad SMARTS) is 1. The van der Waals surface area contributed by atoms with Crippen molar-refractivity contribution in [3.63, 3.8) is 0 Å². The first-order valence-electron chi connectivity index (χ1n) is 12.2. The number of hydrogen-bond donors (Lipinski definition) is 1. The number of likely N-dealkylation sites (tertiary alicyclic amines) is 1. The lowest BCUT2D eigenvalue weighted by molar-refractivity contribution is -0.274. The molecule has 2 fully saturated rings. The lowest BCUT2D eigenvalue weighted by Gasteiger charge is -2.34. The summed E-state index contributed by atoms with van der Waals surface area (Å²) in [5.41, 5.74) is 1.33. The van der Waals surface area contributed by atoms with Crippen LogP contribution in [0.15, 0.2) is 58.6 Å². The number of hydrogen-bond acceptors (Lipinski definition) is 6. The van der Waals surface area contributed by atoms with Crippen LogP contribution in [-0.4, -0.2) is 67.1 Å². The molecular formula is C25H27F4N3O6S. The summed E-state index contributed by atoms with van der Waals surface area (Å²) in [5.74, 6) is -0.975. The summed E-state index contributed by atoms with van der Waals surface area (Å²) < 4.78 is 81.6. The fourth-order valence-electron chi connectivity index (χ4n) is 4.63. The van der Waals surface area contributed by atoms with Crippen molar-refractivity contribution in [2.45, 2.75) is 43.0 Å². The van der Waals surface area contributed by atoms with Crippen LogP contribution >= 0.6 is 0 Å². The van der Waals surface area contributed by atoms with Crippen LogP contribution < -0.4 is 4.74 Å². The predicted octanol–water partition coefficient (Wildman–Crippen LogP) is 5.01. The quantitative estimate of drug-likeness (QED) is 0.369. The molecule has 1 amide bonds. The highest BCUT2D eigenvalue weighted by atomic mass is 32.2. The van der Waals surface area contributed by atoms with Crippen molar-refractivity contribution in [2.75, 3.05) is 26.2 Å². The number of halogens is 4. The zero-order chi connectivity index (χ0) is 28.2. The molecule has 2 saturated heterocycles. The van der Waals surface area contributed by atoms with E-state index in [2.05, 4.69) is 9.89 Å². The van der Waals surface area contributed by atoms with Crippen LogP contribution in [0, 0.1) is 11.7 Å². The summed E-state index contributed by atoms with van der Waals surface area (Å²) in [6, 6.07) is 9.85. The van der Waals surface area contributed by atoms with E-state index in [0.29, 0.717) is 37.2 Å². The Morgan fingerprint density at radius 2 is 1.56 bits per heavy atom. The van der Waals surface area contributed by atoms with E-state index in [-0.39, 0.29) is 36.7 Å². The van der Waals surface area contributed by atoms with Gasteiger partial charge in [0.25, 0.3) is 0 Å². The SMILES string of the molecule is O=C(O)N1CCC(C(ON=C2CCN(S(=O)(=O)c3ccc(OC(F)(F)F)cc3)CC2)c2ccc(F)cc2)CC1. The Morgan fingerprint density at radius 3 is 2.10 bits per heavy atom. The van der Waals surface area contributed by atoms with Gasteiger partial charge < -0.3 is 19.6 Å². The Hall–Kier alpha value is -3.39. The molecular weight excluding hydrogens is 546 g/mol. The van der Waals surface area contributed by atoms with Gasteiger partial charge in [-0.25, -0.2) is 17.6 Å². The molecule has 2 heterocycles. The third-order valence-electron chi connectivity index (χ3n) is 6.73. The normalized spacial score (nSPS) is 18.5. The van der Waals surface area contributed by atoms with E-state index in [9.17, 15) is 35.9 Å². The van der Waals surface area contributed by atoms with Crippen molar-refractivity contribution in [1.29, 1.82) is 0 Å². The van der Waals surface area contributed by atoms with E-state index < -0.39 is 40.1 Å². The zero-order valence-electron chi connectivity index (χ0n) is 20.7. The minimum absolute atomic E-state index is 0.0554. The molecule has 39 heavy (non-hydrogen) atoms. The fraction of sp³-hybridized carbons (Fsp3) is 0.440. The highest BCUT2D eigenvalue weighted by Crippen LogP contribution is 2.35. The Bertz CT molecular complexity index is 1270. The van der Waals surface area contributed by atoms with Gasteiger partial charge >= 0.3 is 12.5 Å². The number of sulfonamides is 1. The number of rotatable bonds is 7. The zero-order valence-corrected chi connectivity index (χ0v) is 21.5. The molecule has 0 aliphatic carbocycles. The summed E-state index contributed by atoms with van der Waals surface area (Å²) in [7, 11) is -3.94. The van der Waals surface area contributed by atoms with Gasteiger partial charge in [-0.2, -0.15) is 4.31 Å². The molecule has 2 aromatic carbocycles. The van der Waals surface area contributed by atoms with Gasteiger partial charge in [-0.3, -0.25) is 0 Å². The Morgan fingerprint density at radius 1 is 0.974 bits per heavy atom. The lowest BCUT2D eigenvalue weighted by atomic mass is 9.87. The monoisotopic (exact) mass is 573 g/mol. The second-order valence-electron chi connectivity index (χ2n) is 9.27. The van der Waals surface area contributed by atoms with E-state index in [1.807, 2.05) is 0 Å². The Balaban J connectivity index is 1.40. The summed E-state index contributed by atoms with van der Waals surface area (Å²) in [6.07, 6.45) is -4.76. The topological polar surface area (TPSA) is 109 Å². The van der Waals surface area contributed by atoms with Crippen LogP contribution in [-0.2, 0) is 14.9 Å². The maximum Gasteiger partial charge on any atom is 0.573 e. The first-order chi connectivity index (χ1) is 18.4. The maximum absolute atomic E-state index is 13.5. The van der Waals surface area contributed by atoms with E-state index in [1.165, 1.54) is 21.3 Å². The molecule has 4 rings (SSSR count). The number of piperidine rings is 2. The minimum Gasteiger partial charge on any atom is -0.465 e. The van der Waals surface area contributed by atoms with Crippen LogP contribution in [0.1, 0.15) is 37.4 Å². The van der Waals surface area contributed by atoms with E-state index in [4.69, 9.17) is 4.84 Å². The van der Waals surface area contributed by atoms with Gasteiger partial charge in [-0.05, 0) is 54.8 Å². The number of ether oxygens (including phenoxy) is 1. The fourth-order valence-corrected chi connectivity index (χ4v) is 6.08. The number of benzene rings is 2. The van der Waals surface area contributed by atoms with Gasteiger partial charge in [0.1, 0.15) is 11.6 Å². The van der Waals surface area contributed by atoms with Crippen molar-refractivity contribution >= 4 is 21.8 Å². The smallest absolute Gasteiger partial charge is 0.465 e. The van der Waals surface area contributed by atoms with Crippen LogP contribution in [0.5, 0.6) is 5.75 Å². The van der Waals surface area contributed by atoms with Crippen LogP contribution in [0.4, 0.5) is 22.4 Å². The standard InChI is InChI=1S/C25H27F4N3O6S/c26-19-3-1-17(2-4-19)23(18-9-13-31(14-10-18)24(33)34)38-30-20-11-15-32(16-12-20)39(35,36)22-7-5-21(6-8-22)37-25(27,28)29/h1-8,18,23H,9-16H2,(H,33,34). The van der Waals surface area contributed by atoms with Gasteiger partial charge in [0, 0.05) is 44.9 Å². The molecule has 2 aromatic rings. The summed E-state index contributed by atoms with van der Waals surface area (Å²) in [5, 5.41) is 13.5. The molecule has 2 aliphatic heterocycles. The average Bonchev–Trinajstić information content (AvgIpc) is 2.90. The van der Waals surface area contributed by atoms with Crippen molar-refractivity contribution in [2.24, 2.45) is 11.1 Å². The minimum atomic E-state index is -4.88. The summed E-state index contributed by atoms with van der Waals surface area (Å²) in [6.45, 7) is 0.884. The van der Waals surface area contributed by atoms with Gasteiger partial charge in [0.15, 0.2) is 6.10 Å². The van der Waals surface area contributed by atoms with Crippen molar-refractivity contribution in [1.82, 2.24) is 9.21 Å². The highest BCUT2D eigenvalue weighted by Gasteiger charge is 2.33. The molecule has 1 atom stereocenters.